The smallest absolute Gasteiger partial charge is 0.262 e. The SMILES string of the molecule is O=C(COc1ccc(F)cc1Cl)Nc1cnn(CCc2ccccc2)c1. The molecule has 5 nitrogen and oxygen atoms in total. The number of aryl methyl sites for hydroxylation is 2. The molecule has 0 saturated carbocycles. The number of halogens is 2. The summed E-state index contributed by atoms with van der Waals surface area (Å²) >= 11 is 5.85. The van der Waals surface area contributed by atoms with Crippen LogP contribution in [0.2, 0.25) is 5.02 Å². The Morgan fingerprint density at radius 2 is 2.04 bits per heavy atom. The molecule has 0 bridgehead atoms. The van der Waals surface area contributed by atoms with Gasteiger partial charge in [0.15, 0.2) is 6.61 Å². The monoisotopic (exact) mass is 373 g/mol. The number of carbonyl (C=O) groups excluding carboxylic acids is 1. The molecule has 7 heteroatoms. The molecule has 0 saturated heterocycles. The van der Waals surface area contributed by atoms with Gasteiger partial charge in [0, 0.05) is 12.7 Å². The Labute approximate surface area is 155 Å². The number of nitrogens with zero attached hydrogens (tertiary/aromatic N) is 2. The number of anilines is 1. The van der Waals surface area contributed by atoms with E-state index >= 15 is 0 Å². The molecule has 26 heavy (non-hydrogen) atoms. The maximum atomic E-state index is 13.0. The van der Waals surface area contributed by atoms with E-state index in [-0.39, 0.29) is 23.3 Å². The van der Waals surface area contributed by atoms with Gasteiger partial charge in [0.1, 0.15) is 11.6 Å². The predicted octanol–water partition coefficient (Wildman–Crippen LogP) is 3.94. The van der Waals surface area contributed by atoms with Crippen LogP contribution in [0.25, 0.3) is 0 Å². The molecule has 1 amide bonds. The maximum Gasteiger partial charge on any atom is 0.262 e. The molecule has 134 valence electrons. The van der Waals surface area contributed by atoms with Crippen LogP contribution < -0.4 is 10.1 Å². The Balaban J connectivity index is 1.48. The second-order valence-corrected chi connectivity index (χ2v) is 6.05. The van der Waals surface area contributed by atoms with Crippen LogP contribution in [0, 0.1) is 5.82 Å². The van der Waals surface area contributed by atoms with Gasteiger partial charge in [-0.2, -0.15) is 5.10 Å². The highest BCUT2D eigenvalue weighted by Gasteiger charge is 2.08. The van der Waals surface area contributed by atoms with Gasteiger partial charge < -0.3 is 10.1 Å². The van der Waals surface area contributed by atoms with Gasteiger partial charge in [0.05, 0.1) is 16.9 Å². The van der Waals surface area contributed by atoms with E-state index in [2.05, 4.69) is 22.5 Å². The molecule has 0 fully saturated rings. The first-order chi connectivity index (χ1) is 12.6. The van der Waals surface area contributed by atoms with Crippen molar-refractivity contribution in [2.45, 2.75) is 13.0 Å². The summed E-state index contributed by atoms with van der Waals surface area (Å²) in [6, 6.07) is 13.8. The minimum Gasteiger partial charge on any atom is -0.482 e. The van der Waals surface area contributed by atoms with Gasteiger partial charge in [-0.1, -0.05) is 41.9 Å². The fraction of sp³-hybridized carbons (Fsp3) is 0.158. The van der Waals surface area contributed by atoms with E-state index in [1.807, 2.05) is 18.2 Å². The summed E-state index contributed by atoms with van der Waals surface area (Å²) in [5.41, 5.74) is 1.80. The highest BCUT2D eigenvalue weighted by Crippen LogP contribution is 2.24. The predicted molar refractivity (Wildman–Crippen MR) is 97.9 cm³/mol. The molecule has 0 aliphatic heterocycles. The molecule has 0 radical (unpaired) electrons. The molecule has 3 aromatic rings. The van der Waals surface area contributed by atoms with Gasteiger partial charge >= 0.3 is 0 Å². The van der Waals surface area contributed by atoms with Crippen LogP contribution in [0.4, 0.5) is 10.1 Å². The number of nitrogens with one attached hydrogen (secondary N) is 1. The molecule has 0 aliphatic rings. The second kappa shape index (κ2) is 8.49. The van der Waals surface area contributed by atoms with Crippen molar-refractivity contribution in [2.75, 3.05) is 11.9 Å². The number of hydrogen-bond donors (Lipinski definition) is 1. The maximum absolute atomic E-state index is 13.0. The summed E-state index contributed by atoms with van der Waals surface area (Å²) in [5.74, 6) is -0.565. The fourth-order valence-electron chi connectivity index (χ4n) is 2.37. The first-order valence-corrected chi connectivity index (χ1v) is 8.42. The minimum atomic E-state index is -0.463. The van der Waals surface area contributed by atoms with E-state index in [1.54, 1.807) is 17.1 Å². The van der Waals surface area contributed by atoms with Gasteiger partial charge in [0.25, 0.3) is 5.91 Å². The van der Waals surface area contributed by atoms with Crippen LogP contribution in [0.15, 0.2) is 60.9 Å². The van der Waals surface area contributed by atoms with Crippen LogP contribution in [0.5, 0.6) is 5.75 Å². The van der Waals surface area contributed by atoms with Gasteiger partial charge in [-0.25, -0.2) is 4.39 Å². The van der Waals surface area contributed by atoms with Gasteiger partial charge in [0.2, 0.25) is 0 Å². The molecule has 0 aliphatic carbocycles. The zero-order valence-corrected chi connectivity index (χ0v) is 14.6. The molecule has 1 aromatic heterocycles. The Kier molecular flexibility index (Phi) is 5.86. The Morgan fingerprint density at radius 1 is 1.23 bits per heavy atom. The Morgan fingerprint density at radius 3 is 2.81 bits per heavy atom. The molecule has 0 spiro atoms. The van der Waals surface area contributed by atoms with Crippen LogP contribution in [0.1, 0.15) is 5.56 Å². The standard InChI is InChI=1S/C19H17ClFN3O2/c20-17-10-15(21)6-7-18(17)26-13-19(25)23-16-11-22-24(12-16)9-8-14-4-2-1-3-5-14/h1-7,10-12H,8-9,13H2,(H,23,25). The van der Waals surface area contributed by atoms with Crippen molar-refractivity contribution >= 4 is 23.2 Å². The molecule has 1 heterocycles. The highest BCUT2D eigenvalue weighted by atomic mass is 35.5. The van der Waals surface area contributed by atoms with Crippen molar-refractivity contribution in [1.29, 1.82) is 0 Å². The number of benzene rings is 2. The van der Waals surface area contributed by atoms with Gasteiger partial charge in [-0.05, 0) is 30.2 Å². The lowest BCUT2D eigenvalue weighted by Gasteiger charge is -2.07. The average Bonchev–Trinajstić information content (AvgIpc) is 3.07. The number of aromatic nitrogens is 2. The van der Waals surface area contributed by atoms with Crippen LogP contribution in [-0.4, -0.2) is 22.3 Å². The third-order valence-electron chi connectivity index (χ3n) is 3.64. The quantitative estimate of drug-likeness (QED) is 0.682. The Hall–Kier alpha value is -2.86. The van der Waals surface area contributed by atoms with E-state index in [9.17, 15) is 9.18 Å². The largest absolute Gasteiger partial charge is 0.482 e. The van der Waals surface area contributed by atoms with Crippen molar-refractivity contribution in [1.82, 2.24) is 9.78 Å². The number of rotatable bonds is 7. The lowest BCUT2D eigenvalue weighted by Crippen LogP contribution is -2.20. The normalized spacial score (nSPS) is 10.5. The Bertz CT molecular complexity index is 884. The highest BCUT2D eigenvalue weighted by molar-refractivity contribution is 6.32. The van der Waals surface area contributed by atoms with Crippen molar-refractivity contribution in [3.63, 3.8) is 0 Å². The molecule has 0 unspecified atom stereocenters. The van der Waals surface area contributed by atoms with Crippen LogP contribution in [0.3, 0.4) is 0 Å². The van der Waals surface area contributed by atoms with Crippen LogP contribution >= 0.6 is 11.6 Å². The van der Waals surface area contributed by atoms with Crippen molar-refractivity contribution in [3.05, 3.63) is 77.3 Å². The summed E-state index contributed by atoms with van der Waals surface area (Å²) in [5, 5.41) is 7.04. The summed E-state index contributed by atoms with van der Waals surface area (Å²) in [6.07, 6.45) is 4.18. The van der Waals surface area contributed by atoms with Gasteiger partial charge in [-0.3, -0.25) is 9.48 Å². The van der Waals surface area contributed by atoms with E-state index < -0.39 is 5.82 Å². The average molecular weight is 374 g/mol. The first-order valence-electron chi connectivity index (χ1n) is 8.04. The number of amides is 1. The van der Waals surface area contributed by atoms with Crippen molar-refractivity contribution in [2.24, 2.45) is 0 Å². The lowest BCUT2D eigenvalue weighted by atomic mass is 10.1. The zero-order valence-electron chi connectivity index (χ0n) is 13.9. The summed E-state index contributed by atoms with van der Waals surface area (Å²) in [6.45, 7) is 0.474. The minimum absolute atomic E-state index is 0.117. The number of hydrogen-bond acceptors (Lipinski definition) is 3. The van der Waals surface area contributed by atoms with Crippen molar-refractivity contribution in [3.8, 4) is 5.75 Å². The molecule has 3 rings (SSSR count). The van der Waals surface area contributed by atoms with E-state index in [0.717, 1.165) is 12.5 Å². The molecular weight excluding hydrogens is 357 g/mol. The van der Waals surface area contributed by atoms with Gasteiger partial charge in [-0.15, -0.1) is 0 Å². The topological polar surface area (TPSA) is 56.1 Å². The van der Waals surface area contributed by atoms with E-state index in [0.29, 0.717) is 12.2 Å². The number of ether oxygens (including phenoxy) is 1. The van der Waals surface area contributed by atoms with Crippen molar-refractivity contribution < 1.29 is 13.9 Å². The summed E-state index contributed by atoms with van der Waals surface area (Å²) in [7, 11) is 0. The van der Waals surface area contributed by atoms with Crippen LogP contribution in [-0.2, 0) is 17.8 Å². The molecular formula is C19H17ClFN3O2. The van der Waals surface area contributed by atoms with E-state index in [1.165, 1.54) is 17.7 Å². The second-order valence-electron chi connectivity index (χ2n) is 5.64. The summed E-state index contributed by atoms with van der Waals surface area (Å²) < 4.78 is 20.0. The number of carbonyl (C=O) groups is 1. The first kappa shape index (κ1) is 17.9. The third-order valence-corrected chi connectivity index (χ3v) is 3.94. The molecule has 1 N–H and O–H groups in total. The lowest BCUT2D eigenvalue weighted by molar-refractivity contribution is -0.118. The molecule has 0 atom stereocenters. The fourth-order valence-corrected chi connectivity index (χ4v) is 2.59. The third kappa shape index (κ3) is 5.07. The zero-order chi connectivity index (χ0) is 18.4. The summed E-state index contributed by atoms with van der Waals surface area (Å²) in [4.78, 5) is 12.0. The molecule has 2 aromatic carbocycles. The van der Waals surface area contributed by atoms with E-state index in [4.69, 9.17) is 16.3 Å².